The summed E-state index contributed by atoms with van der Waals surface area (Å²) in [5.74, 6) is -0.401. The van der Waals surface area contributed by atoms with E-state index in [1.807, 2.05) is 0 Å². The van der Waals surface area contributed by atoms with Crippen molar-refractivity contribution in [1.29, 1.82) is 0 Å². The number of nitrogens with two attached hydrogens (primary N) is 1. The number of unbranched alkanes of at least 4 members (excludes halogenated alkanes) is 1. The van der Waals surface area contributed by atoms with Crippen molar-refractivity contribution < 1.29 is 28.0 Å². The molecule has 1 rings (SSSR count). The number of nitrogens with zero attached hydrogens (tertiary/aromatic N) is 2. The number of nitrogens with one attached hydrogen (secondary N) is 1. The number of nitro groups is 1. The van der Waals surface area contributed by atoms with Crippen LogP contribution in [0.15, 0.2) is 29.2 Å². The van der Waals surface area contributed by atoms with E-state index < -0.39 is 30.5 Å². The molecule has 32 heavy (non-hydrogen) atoms. The minimum Gasteiger partial charge on any atom is -0.460 e. The predicted octanol–water partition coefficient (Wildman–Crippen LogP) is 3.41. The van der Waals surface area contributed by atoms with Gasteiger partial charge in [0.05, 0.1) is 6.07 Å². The molecule has 2 atom stereocenters. The Hall–Kier alpha value is -1.46. The van der Waals surface area contributed by atoms with Gasteiger partial charge in [-0.15, -0.1) is 23.2 Å². The second-order valence-corrected chi connectivity index (χ2v) is 9.49. The quantitative estimate of drug-likeness (QED) is 0.0566. The van der Waals surface area contributed by atoms with Gasteiger partial charge >= 0.3 is 19.5 Å². The number of rotatable bonds is 18. The van der Waals surface area contributed by atoms with Crippen LogP contribution in [0.25, 0.3) is 0 Å². The Morgan fingerprint density at radius 2 is 2.06 bits per heavy atom. The molecule has 0 aliphatic carbocycles. The summed E-state index contributed by atoms with van der Waals surface area (Å²) in [4.78, 5) is 21.8. The maximum absolute atomic E-state index is 13.5. The molecule has 182 valence electrons. The maximum atomic E-state index is 13.5. The van der Waals surface area contributed by atoms with Crippen LogP contribution in [0.3, 0.4) is 0 Å². The van der Waals surface area contributed by atoms with Crippen molar-refractivity contribution in [2.24, 2.45) is 5.73 Å². The van der Waals surface area contributed by atoms with E-state index in [-0.39, 0.29) is 43.8 Å². The third kappa shape index (κ3) is 9.99. The Morgan fingerprint density at radius 1 is 1.38 bits per heavy atom. The van der Waals surface area contributed by atoms with Gasteiger partial charge in [0.15, 0.2) is 0 Å². The van der Waals surface area contributed by atoms with Gasteiger partial charge in [-0.1, -0.05) is 19.1 Å². The van der Waals surface area contributed by atoms with E-state index in [0.29, 0.717) is 25.8 Å². The fourth-order valence-corrected chi connectivity index (χ4v) is 5.13. The molecule has 1 heterocycles. The maximum Gasteiger partial charge on any atom is 0.433 e. The van der Waals surface area contributed by atoms with Crippen molar-refractivity contribution in [3.05, 3.63) is 40.7 Å². The molecule has 1 aromatic rings. The molecule has 0 fully saturated rings. The van der Waals surface area contributed by atoms with Gasteiger partial charge in [0, 0.05) is 31.4 Å². The average Bonchev–Trinajstić information content (AvgIpc) is 3.25. The second kappa shape index (κ2) is 15.4. The molecule has 0 bridgehead atoms. The molecular weight excluding hydrogens is 486 g/mol. The molecular formula is C18H29Cl2N4O7P. The van der Waals surface area contributed by atoms with Crippen molar-refractivity contribution in [3.63, 3.8) is 0 Å². The summed E-state index contributed by atoms with van der Waals surface area (Å²) in [6, 6.07) is 1.81. The molecule has 11 nitrogen and oxygen atoms in total. The first-order chi connectivity index (χ1) is 15.3. The monoisotopic (exact) mass is 514 g/mol. The molecule has 1 aromatic heterocycles. The highest BCUT2D eigenvalue weighted by Gasteiger charge is 2.31. The molecule has 0 amide bonds. The molecule has 0 aliphatic rings. The smallest absolute Gasteiger partial charge is 0.433 e. The zero-order valence-electron chi connectivity index (χ0n) is 17.6. The average molecular weight is 515 g/mol. The van der Waals surface area contributed by atoms with E-state index in [9.17, 15) is 19.5 Å². The van der Waals surface area contributed by atoms with Crippen LogP contribution < -0.4 is 10.8 Å². The van der Waals surface area contributed by atoms with E-state index >= 15 is 0 Å². The minimum atomic E-state index is -3.59. The summed E-state index contributed by atoms with van der Waals surface area (Å²) in [6.07, 6.45) is 2.98. The Labute approximate surface area is 196 Å². The van der Waals surface area contributed by atoms with Crippen LogP contribution in [0.1, 0.15) is 25.0 Å². The summed E-state index contributed by atoms with van der Waals surface area (Å²) in [7, 11) is -3.59. The summed E-state index contributed by atoms with van der Waals surface area (Å²) in [6.45, 7) is 4.11. The number of ether oxygens (including phenoxy) is 1. The molecule has 3 N–H and O–H groups in total. The van der Waals surface area contributed by atoms with Crippen molar-refractivity contribution in [3.8, 4) is 0 Å². The largest absolute Gasteiger partial charge is 0.460 e. The number of furan rings is 1. The van der Waals surface area contributed by atoms with Crippen LogP contribution in [-0.2, 0) is 25.2 Å². The number of halogens is 2. The van der Waals surface area contributed by atoms with Crippen LogP contribution in [-0.4, -0.2) is 59.6 Å². The van der Waals surface area contributed by atoms with Crippen LogP contribution >= 0.6 is 30.9 Å². The zero-order valence-corrected chi connectivity index (χ0v) is 20.0. The van der Waals surface area contributed by atoms with Crippen LogP contribution in [0.2, 0.25) is 0 Å². The Balaban J connectivity index is 2.66. The molecule has 0 spiro atoms. The first-order valence-corrected chi connectivity index (χ1v) is 12.5. The summed E-state index contributed by atoms with van der Waals surface area (Å²) >= 11 is 11.7. The summed E-state index contributed by atoms with van der Waals surface area (Å²) in [5.41, 5.74) is 5.78. The van der Waals surface area contributed by atoms with E-state index in [1.165, 1.54) is 22.9 Å². The lowest BCUT2D eigenvalue weighted by Gasteiger charge is -2.30. The van der Waals surface area contributed by atoms with Gasteiger partial charge in [-0.05, 0) is 18.9 Å². The lowest BCUT2D eigenvalue weighted by Crippen LogP contribution is -2.34. The van der Waals surface area contributed by atoms with Crippen molar-refractivity contribution in [2.45, 2.75) is 31.9 Å². The SMILES string of the molecule is C=CCOC(=O)[C@@H](N)CCCCNP(=O)(OCc1ccc([N+](=O)[O-])o1)N(CCCl)CCCl. The number of carbonyl (C=O) groups is 1. The van der Waals surface area contributed by atoms with E-state index in [2.05, 4.69) is 11.7 Å². The molecule has 0 saturated carbocycles. The van der Waals surface area contributed by atoms with Gasteiger partial charge in [-0.25, -0.2) is 9.76 Å². The second-order valence-electron chi connectivity index (χ2n) is 6.55. The van der Waals surface area contributed by atoms with Gasteiger partial charge < -0.3 is 14.9 Å². The minimum absolute atomic E-state index is 0.102. The highest BCUT2D eigenvalue weighted by atomic mass is 35.5. The topological polar surface area (TPSA) is 150 Å². The Bertz CT molecular complexity index is 774. The van der Waals surface area contributed by atoms with Gasteiger partial charge in [0.1, 0.15) is 29.9 Å². The summed E-state index contributed by atoms with van der Waals surface area (Å²) < 4.78 is 30.6. The zero-order chi connectivity index (χ0) is 24.0. The number of hydrogen-bond acceptors (Lipinski definition) is 8. The fourth-order valence-electron chi connectivity index (χ4n) is 2.57. The molecule has 0 radical (unpaired) electrons. The van der Waals surface area contributed by atoms with Gasteiger partial charge in [0.25, 0.3) is 0 Å². The van der Waals surface area contributed by atoms with E-state index in [1.54, 1.807) is 0 Å². The van der Waals surface area contributed by atoms with Crippen molar-refractivity contribution >= 4 is 42.7 Å². The Kier molecular flexibility index (Phi) is 13.7. The van der Waals surface area contributed by atoms with Gasteiger partial charge in [-0.3, -0.25) is 24.0 Å². The third-order valence-corrected chi connectivity index (χ3v) is 6.75. The number of hydrogen-bond donors (Lipinski definition) is 2. The molecule has 14 heteroatoms. The molecule has 0 aliphatic heterocycles. The Morgan fingerprint density at radius 3 is 2.62 bits per heavy atom. The fraction of sp³-hybridized carbons (Fsp3) is 0.611. The highest BCUT2D eigenvalue weighted by Crippen LogP contribution is 2.47. The lowest BCUT2D eigenvalue weighted by atomic mass is 10.1. The lowest BCUT2D eigenvalue weighted by molar-refractivity contribution is -0.402. The van der Waals surface area contributed by atoms with Crippen LogP contribution in [0, 0.1) is 10.1 Å². The van der Waals surface area contributed by atoms with Crippen molar-refractivity contribution in [1.82, 2.24) is 9.76 Å². The third-order valence-electron chi connectivity index (χ3n) is 4.17. The molecule has 0 aromatic carbocycles. The molecule has 0 saturated heterocycles. The first kappa shape index (κ1) is 28.6. The van der Waals surface area contributed by atoms with Crippen LogP contribution in [0.4, 0.5) is 5.88 Å². The first-order valence-electron chi connectivity index (χ1n) is 9.90. The van der Waals surface area contributed by atoms with Gasteiger partial charge in [-0.2, -0.15) is 0 Å². The van der Waals surface area contributed by atoms with Gasteiger partial charge in [0.2, 0.25) is 0 Å². The van der Waals surface area contributed by atoms with Crippen LogP contribution in [0.5, 0.6) is 0 Å². The predicted molar refractivity (Wildman–Crippen MR) is 122 cm³/mol. The molecule has 1 unspecified atom stereocenters. The number of alkyl halides is 2. The summed E-state index contributed by atoms with van der Waals surface area (Å²) in [5, 5.41) is 13.7. The standard InChI is InChI=1S/C18H29Cl2N4O7P/c1-2-13-29-18(25)16(21)5-3-4-10-22-32(28,23(11-8-19)12-9-20)30-14-15-6-7-17(31-15)24(26)27/h2,6-7,16H,1,3-5,8-14,21H2,(H,22,28)/t16-,32?/m0/s1. The van der Waals surface area contributed by atoms with E-state index in [0.717, 1.165) is 0 Å². The number of carbonyl (C=O) groups excluding carboxylic acids is 1. The number of esters is 1. The normalized spacial score (nSPS) is 14.1. The van der Waals surface area contributed by atoms with Crippen molar-refractivity contribution in [2.75, 3.05) is 38.0 Å². The van der Waals surface area contributed by atoms with E-state index in [4.69, 9.17) is 42.6 Å². The highest BCUT2D eigenvalue weighted by molar-refractivity contribution is 7.54.